The molecule has 0 aromatic carbocycles. The first-order chi connectivity index (χ1) is 7.43. The van der Waals surface area contributed by atoms with Crippen molar-refractivity contribution in [1.82, 2.24) is 15.5 Å². The summed E-state index contributed by atoms with van der Waals surface area (Å²) in [5, 5.41) is 7.36. The second kappa shape index (κ2) is 3.90. The van der Waals surface area contributed by atoms with Crippen LogP contribution in [0.2, 0.25) is 0 Å². The number of nitrogens with zero attached hydrogens (tertiary/aromatic N) is 2. The number of ether oxygens (including phenoxy) is 1. The van der Waals surface area contributed by atoms with E-state index < -0.39 is 0 Å². The molecule has 0 amide bonds. The number of rotatable bonds is 2. The molecule has 0 bridgehead atoms. The average Bonchev–Trinajstić information content (AvgIpc) is 3.02. The summed E-state index contributed by atoms with van der Waals surface area (Å²) in [5.74, 6) is 2.38. The van der Waals surface area contributed by atoms with E-state index >= 15 is 0 Å². The van der Waals surface area contributed by atoms with Crippen molar-refractivity contribution in [2.75, 3.05) is 26.3 Å². The maximum Gasteiger partial charge on any atom is 0.232 e. The van der Waals surface area contributed by atoms with E-state index in [-0.39, 0.29) is 0 Å². The Morgan fingerprint density at radius 3 is 3.00 bits per heavy atom. The van der Waals surface area contributed by atoms with Crippen LogP contribution < -0.4 is 5.32 Å². The third-order valence-electron chi connectivity index (χ3n) is 3.16. The Morgan fingerprint density at radius 1 is 1.27 bits per heavy atom. The first-order valence-electron chi connectivity index (χ1n) is 5.55. The Morgan fingerprint density at radius 2 is 2.27 bits per heavy atom. The van der Waals surface area contributed by atoms with Crippen molar-refractivity contribution >= 4 is 0 Å². The number of nitrogens with one attached hydrogen (secondary N) is 1. The maximum absolute atomic E-state index is 5.31. The van der Waals surface area contributed by atoms with Crippen molar-refractivity contribution in [2.45, 2.75) is 24.7 Å². The molecule has 0 spiro atoms. The Labute approximate surface area is 88.2 Å². The molecule has 2 aliphatic heterocycles. The third-order valence-corrected chi connectivity index (χ3v) is 3.16. The normalized spacial score (nSPS) is 31.2. The fourth-order valence-corrected chi connectivity index (χ4v) is 2.18. The summed E-state index contributed by atoms with van der Waals surface area (Å²) < 4.78 is 10.6. The van der Waals surface area contributed by atoms with Gasteiger partial charge in [-0.2, -0.15) is 4.98 Å². The van der Waals surface area contributed by atoms with Crippen molar-refractivity contribution in [1.29, 1.82) is 0 Å². The van der Waals surface area contributed by atoms with Crippen LogP contribution in [0.1, 0.15) is 36.4 Å². The van der Waals surface area contributed by atoms with Gasteiger partial charge in [-0.1, -0.05) is 5.16 Å². The minimum absolute atomic E-state index is 0.320. The van der Waals surface area contributed by atoms with Gasteiger partial charge in [-0.15, -0.1) is 0 Å². The molecule has 2 aliphatic rings. The van der Waals surface area contributed by atoms with E-state index in [0.29, 0.717) is 11.8 Å². The second-order valence-electron chi connectivity index (χ2n) is 4.24. The largest absolute Gasteiger partial charge is 0.381 e. The van der Waals surface area contributed by atoms with E-state index in [1.165, 1.54) is 0 Å². The Kier molecular flexibility index (Phi) is 2.42. The Balaban J connectivity index is 1.74. The van der Waals surface area contributed by atoms with Crippen molar-refractivity contribution in [3.63, 3.8) is 0 Å². The van der Waals surface area contributed by atoms with E-state index in [1.807, 2.05) is 0 Å². The van der Waals surface area contributed by atoms with Gasteiger partial charge >= 0.3 is 0 Å². The minimum Gasteiger partial charge on any atom is -0.381 e. The molecule has 1 N–H and O–H groups in total. The Hall–Kier alpha value is -0.940. The third kappa shape index (κ3) is 1.77. The van der Waals surface area contributed by atoms with Crippen molar-refractivity contribution in [3.8, 4) is 0 Å². The van der Waals surface area contributed by atoms with Gasteiger partial charge in [0.05, 0.1) is 12.5 Å². The van der Waals surface area contributed by atoms with Crippen LogP contribution >= 0.6 is 0 Å². The molecule has 5 nitrogen and oxygen atoms in total. The van der Waals surface area contributed by atoms with Crippen LogP contribution in [-0.4, -0.2) is 36.4 Å². The topological polar surface area (TPSA) is 60.2 Å². The molecule has 0 aliphatic carbocycles. The van der Waals surface area contributed by atoms with Crippen LogP contribution in [0.15, 0.2) is 4.52 Å². The molecule has 1 aromatic rings. The highest BCUT2D eigenvalue weighted by Gasteiger charge is 2.27. The lowest BCUT2D eigenvalue weighted by atomic mass is 10.1. The number of hydrogen-bond acceptors (Lipinski definition) is 5. The fourth-order valence-electron chi connectivity index (χ4n) is 2.18. The van der Waals surface area contributed by atoms with Crippen LogP contribution in [0.4, 0.5) is 0 Å². The molecule has 3 heterocycles. The molecule has 3 rings (SSSR count). The average molecular weight is 209 g/mol. The molecule has 2 atom stereocenters. The van der Waals surface area contributed by atoms with E-state index in [2.05, 4.69) is 15.5 Å². The van der Waals surface area contributed by atoms with E-state index in [4.69, 9.17) is 9.26 Å². The van der Waals surface area contributed by atoms with Gasteiger partial charge < -0.3 is 14.6 Å². The summed E-state index contributed by atoms with van der Waals surface area (Å²) in [7, 11) is 0. The maximum atomic E-state index is 5.31. The van der Waals surface area contributed by atoms with Crippen LogP contribution in [0.5, 0.6) is 0 Å². The van der Waals surface area contributed by atoms with Crippen molar-refractivity contribution in [2.24, 2.45) is 0 Å². The molecule has 0 saturated carbocycles. The molecular weight excluding hydrogens is 194 g/mol. The van der Waals surface area contributed by atoms with Gasteiger partial charge in [0.25, 0.3) is 0 Å². The van der Waals surface area contributed by atoms with Crippen molar-refractivity contribution in [3.05, 3.63) is 11.7 Å². The zero-order chi connectivity index (χ0) is 10.1. The van der Waals surface area contributed by atoms with Crippen LogP contribution in [0, 0.1) is 0 Å². The lowest BCUT2D eigenvalue weighted by Crippen LogP contribution is -2.09. The predicted molar refractivity (Wildman–Crippen MR) is 52.7 cm³/mol. The lowest BCUT2D eigenvalue weighted by molar-refractivity contribution is 0.189. The van der Waals surface area contributed by atoms with Crippen LogP contribution in [0.3, 0.4) is 0 Å². The standard InChI is InChI=1S/C10H15N3O2/c1-3-11-5-7(1)9-12-10(15-13-9)8-2-4-14-6-8/h7-8,11H,1-6H2. The number of aromatic nitrogens is 2. The first-order valence-corrected chi connectivity index (χ1v) is 5.55. The molecule has 15 heavy (non-hydrogen) atoms. The van der Waals surface area contributed by atoms with Gasteiger partial charge in [0.1, 0.15) is 0 Å². The highest BCUT2D eigenvalue weighted by Crippen LogP contribution is 2.26. The van der Waals surface area contributed by atoms with Crippen molar-refractivity contribution < 1.29 is 9.26 Å². The predicted octanol–water partition coefficient (Wildman–Crippen LogP) is 0.650. The van der Waals surface area contributed by atoms with E-state index in [9.17, 15) is 0 Å². The Bertz CT molecular complexity index is 297. The van der Waals surface area contributed by atoms with Crippen LogP contribution in [-0.2, 0) is 4.74 Å². The van der Waals surface area contributed by atoms with Gasteiger partial charge in [0.15, 0.2) is 5.82 Å². The molecule has 2 saturated heterocycles. The summed E-state index contributed by atoms with van der Waals surface area (Å²) in [6, 6.07) is 0. The second-order valence-corrected chi connectivity index (χ2v) is 4.24. The summed E-state index contributed by atoms with van der Waals surface area (Å²) >= 11 is 0. The van der Waals surface area contributed by atoms with Crippen LogP contribution in [0.25, 0.3) is 0 Å². The molecule has 82 valence electrons. The van der Waals surface area contributed by atoms with Gasteiger partial charge in [-0.25, -0.2) is 0 Å². The molecule has 2 unspecified atom stereocenters. The molecule has 2 fully saturated rings. The molecular formula is C10H15N3O2. The first kappa shape index (κ1) is 9.30. The van der Waals surface area contributed by atoms with Gasteiger partial charge in [-0.3, -0.25) is 0 Å². The smallest absolute Gasteiger partial charge is 0.232 e. The zero-order valence-corrected chi connectivity index (χ0v) is 8.61. The molecule has 1 aromatic heterocycles. The fraction of sp³-hybridized carbons (Fsp3) is 0.800. The lowest BCUT2D eigenvalue weighted by Gasteiger charge is -2.00. The van der Waals surface area contributed by atoms with Gasteiger partial charge in [0, 0.05) is 19.1 Å². The minimum atomic E-state index is 0.320. The quantitative estimate of drug-likeness (QED) is 0.775. The highest BCUT2D eigenvalue weighted by atomic mass is 16.5. The highest BCUT2D eigenvalue weighted by molar-refractivity contribution is 5.02. The summed E-state index contributed by atoms with van der Waals surface area (Å²) in [6.45, 7) is 3.57. The van der Waals surface area contributed by atoms with E-state index in [0.717, 1.165) is 50.9 Å². The summed E-state index contributed by atoms with van der Waals surface area (Å²) in [6.07, 6.45) is 2.12. The van der Waals surface area contributed by atoms with Gasteiger partial charge in [-0.05, 0) is 19.4 Å². The monoisotopic (exact) mass is 209 g/mol. The molecule has 5 heteroatoms. The van der Waals surface area contributed by atoms with E-state index in [1.54, 1.807) is 0 Å². The number of hydrogen-bond donors (Lipinski definition) is 1. The molecule has 0 radical (unpaired) electrons. The zero-order valence-electron chi connectivity index (χ0n) is 8.61. The summed E-state index contributed by atoms with van der Waals surface area (Å²) in [5.41, 5.74) is 0. The van der Waals surface area contributed by atoms with Gasteiger partial charge in [0.2, 0.25) is 5.89 Å². The SMILES string of the molecule is C1CC(c2noc(C3CCOC3)n2)CN1. The summed E-state index contributed by atoms with van der Waals surface area (Å²) in [4.78, 5) is 4.48.